The van der Waals surface area contributed by atoms with Gasteiger partial charge in [0.25, 0.3) is 11.5 Å². The number of para-hydroxylation sites is 2. The number of hydrogen-bond donors (Lipinski definition) is 1. The Hall–Kier alpha value is -2.21. The summed E-state index contributed by atoms with van der Waals surface area (Å²) in [6.45, 7) is 0. The van der Waals surface area contributed by atoms with Crippen molar-refractivity contribution in [2.75, 3.05) is 0 Å². The smallest absolute Gasteiger partial charge is 0.261 e. The van der Waals surface area contributed by atoms with Crippen LogP contribution in [0.3, 0.4) is 0 Å². The summed E-state index contributed by atoms with van der Waals surface area (Å²) in [6.07, 6.45) is 8.15. The van der Waals surface area contributed by atoms with Gasteiger partial charge in [0.15, 0.2) is 4.96 Å². The van der Waals surface area contributed by atoms with Crippen molar-refractivity contribution in [1.29, 1.82) is 0 Å². The van der Waals surface area contributed by atoms with E-state index in [-0.39, 0.29) is 17.5 Å². The van der Waals surface area contributed by atoms with Crippen molar-refractivity contribution in [2.24, 2.45) is 0 Å². The van der Waals surface area contributed by atoms with Gasteiger partial charge >= 0.3 is 0 Å². The van der Waals surface area contributed by atoms with Gasteiger partial charge in [-0.3, -0.25) is 14.0 Å². The largest absolute Gasteiger partial charge is 0.349 e. The summed E-state index contributed by atoms with van der Waals surface area (Å²) < 4.78 is 1.58. The third-order valence-corrected chi connectivity index (χ3v) is 5.85. The fraction of sp³-hybridized carbons (Fsp3) is 0.421. The average Bonchev–Trinajstić information content (AvgIpc) is 2.96. The highest BCUT2D eigenvalue weighted by Crippen LogP contribution is 2.21. The molecule has 2 aromatic heterocycles. The molecule has 1 amide bonds. The molecule has 0 bridgehead atoms. The molecule has 3 aromatic rings. The molecule has 2 heterocycles. The van der Waals surface area contributed by atoms with E-state index in [1.807, 2.05) is 24.3 Å². The van der Waals surface area contributed by atoms with Crippen LogP contribution in [0.1, 0.15) is 54.6 Å². The molecular weight excluding hydrogens is 334 g/mol. The number of rotatable bonds is 2. The van der Waals surface area contributed by atoms with Crippen LogP contribution in [0.4, 0.5) is 0 Å². The predicted molar refractivity (Wildman–Crippen MR) is 100 cm³/mol. The van der Waals surface area contributed by atoms with E-state index in [1.54, 1.807) is 4.40 Å². The van der Waals surface area contributed by atoms with E-state index in [2.05, 4.69) is 10.3 Å². The van der Waals surface area contributed by atoms with Crippen LogP contribution >= 0.6 is 11.3 Å². The lowest BCUT2D eigenvalue weighted by Gasteiger charge is -2.20. The Balaban J connectivity index is 1.63. The van der Waals surface area contributed by atoms with Crippen molar-refractivity contribution in [1.82, 2.24) is 14.7 Å². The van der Waals surface area contributed by atoms with Crippen molar-refractivity contribution < 1.29 is 4.79 Å². The molecule has 1 N–H and O–H groups in total. The molecule has 130 valence electrons. The number of nitrogens with zero attached hydrogens (tertiary/aromatic N) is 2. The highest BCUT2D eigenvalue weighted by Gasteiger charge is 2.18. The normalized spacial score (nSPS) is 16.6. The maximum Gasteiger partial charge on any atom is 0.261 e. The quantitative estimate of drug-likeness (QED) is 0.761. The first-order valence-electron chi connectivity index (χ1n) is 8.94. The van der Waals surface area contributed by atoms with Crippen molar-refractivity contribution in [3.63, 3.8) is 0 Å². The van der Waals surface area contributed by atoms with Crippen LogP contribution in [0.15, 0.2) is 35.1 Å². The third kappa shape index (κ3) is 3.31. The highest BCUT2D eigenvalue weighted by atomic mass is 32.1. The Labute approximate surface area is 149 Å². The molecule has 25 heavy (non-hydrogen) atoms. The van der Waals surface area contributed by atoms with Crippen LogP contribution in [0, 0.1) is 0 Å². The molecule has 0 atom stereocenters. The first kappa shape index (κ1) is 16.3. The second-order valence-corrected chi connectivity index (χ2v) is 7.69. The molecule has 0 spiro atoms. The highest BCUT2D eigenvalue weighted by molar-refractivity contribution is 7.18. The predicted octanol–water partition coefficient (Wildman–Crippen LogP) is 3.75. The maximum absolute atomic E-state index is 12.6. The number of hydrogen-bond acceptors (Lipinski definition) is 4. The molecule has 1 saturated carbocycles. The molecule has 0 saturated heterocycles. The molecule has 1 fully saturated rings. The summed E-state index contributed by atoms with van der Waals surface area (Å²) in [4.78, 5) is 30.7. The molecule has 4 rings (SSSR count). The number of nitrogens with one attached hydrogen (secondary N) is 1. The van der Waals surface area contributed by atoms with Crippen molar-refractivity contribution in [3.8, 4) is 0 Å². The fourth-order valence-corrected chi connectivity index (χ4v) is 4.49. The number of carbonyl (C=O) groups is 1. The zero-order valence-electron chi connectivity index (χ0n) is 14.0. The zero-order chi connectivity index (χ0) is 17.2. The van der Waals surface area contributed by atoms with E-state index in [9.17, 15) is 9.59 Å². The van der Waals surface area contributed by atoms with Gasteiger partial charge in [0.2, 0.25) is 0 Å². The minimum absolute atomic E-state index is 0.151. The lowest BCUT2D eigenvalue weighted by atomic mass is 9.97. The van der Waals surface area contributed by atoms with Crippen LogP contribution in [0.5, 0.6) is 0 Å². The van der Waals surface area contributed by atoms with Gasteiger partial charge in [-0.2, -0.15) is 0 Å². The van der Waals surface area contributed by atoms with Gasteiger partial charge in [-0.15, -0.1) is 0 Å². The maximum atomic E-state index is 12.6. The van der Waals surface area contributed by atoms with Crippen LogP contribution in [-0.2, 0) is 0 Å². The number of carbonyl (C=O) groups excluding carboxylic acids is 1. The van der Waals surface area contributed by atoms with Gasteiger partial charge in [-0.25, -0.2) is 4.98 Å². The fourth-order valence-electron chi connectivity index (χ4n) is 3.56. The Morgan fingerprint density at radius 1 is 1.12 bits per heavy atom. The lowest BCUT2D eigenvalue weighted by molar-refractivity contribution is 0.0934. The molecule has 0 unspecified atom stereocenters. The van der Waals surface area contributed by atoms with Crippen LogP contribution < -0.4 is 10.9 Å². The third-order valence-electron chi connectivity index (χ3n) is 4.87. The summed E-state index contributed by atoms with van der Waals surface area (Å²) in [5.74, 6) is -0.151. The van der Waals surface area contributed by atoms with Gasteiger partial charge in [0.05, 0.1) is 11.0 Å². The minimum atomic E-state index is -0.203. The van der Waals surface area contributed by atoms with Crippen molar-refractivity contribution in [3.05, 3.63) is 45.6 Å². The second-order valence-electron chi connectivity index (χ2n) is 6.68. The molecule has 1 aliphatic rings. The van der Waals surface area contributed by atoms with Crippen LogP contribution in [0.25, 0.3) is 16.0 Å². The monoisotopic (exact) mass is 355 g/mol. The van der Waals surface area contributed by atoms with Gasteiger partial charge in [-0.05, 0) is 25.0 Å². The summed E-state index contributed by atoms with van der Waals surface area (Å²) in [5, 5.41) is 3.12. The summed E-state index contributed by atoms with van der Waals surface area (Å²) in [7, 11) is 0. The molecule has 0 aliphatic heterocycles. The average molecular weight is 355 g/mol. The first-order chi connectivity index (χ1) is 12.2. The standard InChI is InChI=1S/C19H21N3O2S/c23-17-12-16(18(24)20-13-8-4-2-1-3-5-9-13)25-19-21-14-10-6-7-11-15(14)22(17)19/h6-7,10-13H,1-5,8-9H2,(H,20,24). The Kier molecular flexibility index (Phi) is 4.53. The molecule has 1 aliphatic carbocycles. The topological polar surface area (TPSA) is 63.5 Å². The SMILES string of the molecule is O=C(NC1CCCCCCC1)c1cc(=O)n2c(nc3ccccc32)s1. The van der Waals surface area contributed by atoms with Gasteiger partial charge in [-0.1, -0.05) is 55.6 Å². The second kappa shape index (κ2) is 6.96. The van der Waals surface area contributed by atoms with Gasteiger partial charge in [0.1, 0.15) is 4.88 Å². The number of benzene rings is 1. The molecule has 6 heteroatoms. The summed E-state index contributed by atoms with van der Waals surface area (Å²) in [5.41, 5.74) is 1.35. The van der Waals surface area contributed by atoms with Gasteiger partial charge in [0, 0.05) is 12.1 Å². The van der Waals surface area contributed by atoms with Crippen molar-refractivity contribution >= 4 is 33.2 Å². The van der Waals surface area contributed by atoms with E-state index >= 15 is 0 Å². The van der Waals surface area contributed by atoms with E-state index in [0.717, 1.165) is 36.7 Å². The van der Waals surface area contributed by atoms with Gasteiger partial charge < -0.3 is 5.32 Å². The Morgan fingerprint density at radius 2 is 1.84 bits per heavy atom. The number of amides is 1. The molecule has 0 radical (unpaired) electrons. The molecule has 1 aromatic carbocycles. The number of imidazole rings is 1. The summed E-state index contributed by atoms with van der Waals surface area (Å²) in [6, 6.07) is 9.18. The number of fused-ring (bicyclic) bond motifs is 3. The zero-order valence-corrected chi connectivity index (χ0v) is 14.8. The van der Waals surface area contributed by atoms with E-state index in [0.29, 0.717) is 9.84 Å². The Bertz CT molecular complexity index is 968. The first-order valence-corrected chi connectivity index (χ1v) is 9.76. The van der Waals surface area contributed by atoms with E-state index in [1.165, 1.54) is 36.7 Å². The van der Waals surface area contributed by atoms with Crippen molar-refractivity contribution in [2.45, 2.75) is 51.0 Å². The number of aromatic nitrogens is 2. The minimum Gasteiger partial charge on any atom is -0.349 e. The van der Waals surface area contributed by atoms with E-state index < -0.39 is 0 Å². The van der Waals surface area contributed by atoms with Crippen LogP contribution in [0.2, 0.25) is 0 Å². The Morgan fingerprint density at radius 3 is 2.64 bits per heavy atom. The van der Waals surface area contributed by atoms with Crippen LogP contribution in [-0.4, -0.2) is 21.3 Å². The lowest BCUT2D eigenvalue weighted by Crippen LogP contribution is -2.35. The van der Waals surface area contributed by atoms with E-state index in [4.69, 9.17) is 0 Å². The molecule has 5 nitrogen and oxygen atoms in total. The summed E-state index contributed by atoms with van der Waals surface area (Å²) >= 11 is 1.27. The molecular formula is C19H21N3O2S.